The second kappa shape index (κ2) is 11.3. The molecule has 14 heavy (non-hydrogen) atoms. The summed E-state index contributed by atoms with van der Waals surface area (Å²) >= 11 is 5.70. The van der Waals surface area contributed by atoms with Gasteiger partial charge in [0.15, 0.2) is 0 Å². The Hall–Kier alpha value is 0.210. The van der Waals surface area contributed by atoms with E-state index < -0.39 is 0 Å². The van der Waals surface area contributed by atoms with Gasteiger partial charge in [0.05, 0.1) is 6.61 Å². The minimum absolute atomic E-state index is 0.721. The van der Waals surface area contributed by atoms with E-state index in [0.717, 1.165) is 50.9 Å². The molecule has 0 aromatic heterocycles. The third kappa shape index (κ3) is 8.79. The fraction of sp³-hybridized carbons (Fsp3) is 1.00. The Bertz CT molecular complexity index is 111. The highest BCUT2D eigenvalue weighted by molar-refractivity contribution is 6.17. The van der Waals surface area contributed by atoms with Gasteiger partial charge in [0.2, 0.25) is 0 Å². The maximum Gasteiger partial charge on any atom is 0.0590 e. The van der Waals surface area contributed by atoms with Crippen molar-refractivity contribution >= 4 is 11.6 Å². The molecule has 0 amide bonds. The molecule has 0 rings (SSSR count). The van der Waals surface area contributed by atoms with Crippen LogP contribution in [0.2, 0.25) is 0 Å². The second-order valence-corrected chi connectivity index (χ2v) is 3.95. The summed E-state index contributed by atoms with van der Waals surface area (Å²) in [7, 11) is 0. The first-order valence-electron chi connectivity index (χ1n) is 5.69. The first kappa shape index (κ1) is 14.2. The second-order valence-electron chi connectivity index (χ2n) is 3.57. The summed E-state index contributed by atoms with van der Waals surface area (Å²) in [5.74, 6) is 1.49. The van der Waals surface area contributed by atoms with Gasteiger partial charge in [-0.25, -0.2) is 0 Å². The molecule has 2 nitrogen and oxygen atoms in total. The predicted octanol–water partition coefficient (Wildman–Crippen LogP) is 2.66. The van der Waals surface area contributed by atoms with Crippen LogP contribution in [0.25, 0.3) is 0 Å². The molecule has 0 aromatic carbocycles. The Morgan fingerprint density at radius 2 is 2.07 bits per heavy atom. The Labute approximate surface area is 93.4 Å². The molecule has 3 heteroatoms. The highest BCUT2D eigenvalue weighted by atomic mass is 35.5. The topological polar surface area (TPSA) is 21.3 Å². The minimum Gasteiger partial charge on any atom is -0.380 e. The van der Waals surface area contributed by atoms with Crippen molar-refractivity contribution in [2.75, 3.05) is 32.2 Å². The molecule has 1 N–H and O–H groups in total. The van der Waals surface area contributed by atoms with Gasteiger partial charge in [0.25, 0.3) is 0 Å². The molecular formula is C11H24ClNO. The number of alkyl halides is 1. The van der Waals surface area contributed by atoms with Crippen molar-refractivity contribution in [3.05, 3.63) is 0 Å². The molecule has 0 bridgehead atoms. The van der Waals surface area contributed by atoms with Gasteiger partial charge in [0, 0.05) is 19.0 Å². The Balaban J connectivity index is 3.15. The third-order valence-corrected chi connectivity index (χ3v) is 2.52. The maximum atomic E-state index is 5.70. The van der Waals surface area contributed by atoms with Crippen molar-refractivity contribution in [1.82, 2.24) is 5.32 Å². The molecule has 0 saturated heterocycles. The summed E-state index contributed by atoms with van der Waals surface area (Å²) in [6.07, 6.45) is 3.42. The van der Waals surface area contributed by atoms with Crippen molar-refractivity contribution in [3.63, 3.8) is 0 Å². The lowest BCUT2D eigenvalue weighted by atomic mass is 10.0. The van der Waals surface area contributed by atoms with E-state index in [1.165, 1.54) is 6.42 Å². The van der Waals surface area contributed by atoms with Crippen molar-refractivity contribution in [2.45, 2.75) is 33.1 Å². The van der Waals surface area contributed by atoms with Gasteiger partial charge in [-0.3, -0.25) is 0 Å². The van der Waals surface area contributed by atoms with Crippen LogP contribution in [0, 0.1) is 5.92 Å². The fourth-order valence-electron chi connectivity index (χ4n) is 1.30. The molecule has 0 spiro atoms. The Kier molecular flexibility index (Phi) is 11.5. The van der Waals surface area contributed by atoms with Crippen LogP contribution in [0.4, 0.5) is 0 Å². The fourth-order valence-corrected chi connectivity index (χ4v) is 1.61. The summed E-state index contributed by atoms with van der Waals surface area (Å²) < 4.78 is 5.37. The standard InChI is InChI=1S/C11H24ClNO/c1-3-8-14-9-7-13-10-11(4-2)5-6-12/h11,13H,3-10H2,1-2H3. The van der Waals surface area contributed by atoms with Gasteiger partial charge in [-0.05, 0) is 25.3 Å². The highest BCUT2D eigenvalue weighted by Gasteiger charge is 2.03. The molecule has 0 saturated carbocycles. The van der Waals surface area contributed by atoms with E-state index in [1.807, 2.05) is 0 Å². The summed E-state index contributed by atoms with van der Waals surface area (Å²) in [4.78, 5) is 0. The van der Waals surface area contributed by atoms with Gasteiger partial charge >= 0.3 is 0 Å². The van der Waals surface area contributed by atoms with Gasteiger partial charge in [0.1, 0.15) is 0 Å². The van der Waals surface area contributed by atoms with E-state index >= 15 is 0 Å². The maximum absolute atomic E-state index is 5.70. The molecule has 86 valence electrons. The largest absolute Gasteiger partial charge is 0.380 e. The number of hydrogen-bond donors (Lipinski definition) is 1. The molecule has 0 aromatic rings. The van der Waals surface area contributed by atoms with Crippen LogP contribution < -0.4 is 5.32 Å². The molecule has 1 unspecified atom stereocenters. The minimum atomic E-state index is 0.721. The zero-order chi connectivity index (χ0) is 10.6. The van der Waals surface area contributed by atoms with Gasteiger partial charge in [-0.2, -0.15) is 0 Å². The summed E-state index contributed by atoms with van der Waals surface area (Å²) in [5.41, 5.74) is 0. The Morgan fingerprint density at radius 1 is 1.29 bits per heavy atom. The van der Waals surface area contributed by atoms with Crippen molar-refractivity contribution < 1.29 is 4.74 Å². The van der Waals surface area contributed by atoms with Crippen LogP contribution in [-0.2, 0) is 4.74 Å². The quantitative estimate of drug-likeness (QED) is 0.453. The van der Waals surface area contributed by atoms with Crippen LogP contribution in [0.3, 0.4) is 0 Å². The number of ether oxygens (including phenoxy) is 1. The smallest absolute Gasteiger partial charge is 0.0590 e. The molecule has 0 radical (unpaired) electrons. The van der Waals surface area contributed by atoms with Crippen LogP contribution in [0.5, 0.6) is 0 Å². The summed E-state index contributed by atoms with van der Waals surface area (Å²) in [6.45, 7) is 8.07. The van der Waals surface area contributed by atoms with E-state index in [0.29, 0.717) is 0 Å². The van der Waals surface area contributed by atoms with Crippen LogP contribution >= 0.6 is 11.6 Å². The van der Waals surface area contributed by atoms with Gasteiger partial charge in [-0.15, -0.1) is 11.6 Å². The molecule has 1 atom stereocenters. The zero-order valence-corrected chi connectivity index (χ0v) is 10.3. The molecular weight excluding hydrogens is 198 g/mol. The van der Waals surface area contributed by atoms with Crippen molar-refractivity contribution in [3.8, 4) is 0 Å². The normalized spacial score (nSPS) is 13.1. The monoisotopic (exact) mass is 221 g/mol. The number of rotatable bonds is 10. The van der Waals surface area contributed by atoms with E-state index in [2.05, 4.69) is 19.2 Å². The molecule has 0 fully saturated rings. The Morgan fingerprint density at radius 3 is 2.64 bits per heavy atom. The van der Waals surface area contributed by atoms with E-state index in [4.69, 9.17) is 16.3 Å². The van der Waals surface area contributed by atoms with Gasteiger partial charge in [-0.1, -0.05) is 20.3 Å². The third-order valence-electron chi connectivity index (χ3n) is 2.30. The van der Waals surface area contributed by atoms with Crippen LogP contribution in [-0.4, -0.2) is 32.2 Å². The summed E-state index contributed by atoms with van der Waals surface area (Å²) in [6, 6.07) is 0. The average Bonchev–Trinajstić information content (AvgIpc) is 2.21. The average molecular weight is 222 g/mol. The number of nitrogens with one attached hydrogen (secondary N) is 1. The summed E-state index contributed by atoms with van der Waals surface area (Å²) in [5, 5.41) is 3.40. The lowest BCUT2D eigenvalue weighted by molar-refractivity contribution is 0.135. The first-order chi connectivity index (χ1) is 6.85. The van der Waals surface area contributed by atoms with E-state index in [9.17, 15) is 0 Å². The molecule has 0 aliphatic rings. The van der Waals surface area contributed by atoms with E-state index in [-0.39, 0.29) is 0 Å². The molecule has 0 aliphatic carbocycles. The first-order valence-corrected chi connectivity index (χ1v) is 6.23. The molecule has 0 heterocycles. The lowest BCUT2D eigenvalue weighted by Crippen LogP contribution is -2.26. The SMILES string of the molecule is CCCOCCNCC(CC)CCCl. The highest BCUT2D eigenvalue weighted by Crippen LogP contribution is 2.07. The number of hydrogen-bond acceptors (Lipinski definition) is 2. The van der Waals surface area contributed by atoms with Crippen LogP contribution in [0.1, 0.15) is 33.1 Å². The van der Waals surface area contributed by atoms with Crippen LogP contribution in [0.15, 0.2) is 0 Å². The molecule has 0 aliphatic heterocycles. The van der Waals surface area contributed by atoms with Crippen molar-refractivity contribution in [2.24, 2.45) is 5.92 Å². The van der Waals surface area contributed by atoms with Crippen molar-refractivity contribution in [1.29, 1.82) is 0 Å². The van der Waals surface area contributed by atoms with Gasteiger partial charge < -0.3 is 10.1 Å². The zero-order valence-electron chi connectivity index (χ0n) is 9.52. The van der Waals surface area contributed by atoms with E-state index in [1.54, 1.807) is 0 Å². The number of halogens is 1. The predicted molar refractivity (Wildman–Crippen MR) is 63.1 cm³/mol. The lowest BCUT2D eigenvalue weighted by Gasteiger charge is -2.13.